The Bertz CT molecular complexity index is 800. The highest BCUT2D eigenvalue weighted by Crippen LogP contribution is 2.23. The molecule has 1 aromatic heterocycles. The van der Waals surface area contributed by atoms with Gasteiger partial charge in [-0.1, -0.05) is 12.1 Å². The van der Waals surface area contributed by atoms with Gasteiger partial charge in [0, 0.05) is 44.6 Å². The summed E-state index contributed by atoms with van der Waals surface area (Å²) in [6, 6.07) is 10.0. The molecular formula is C20H24N4O2. The second-order valence-electron chi connectivity index (χ2n) is 6.94. The van der Waals surface area contributed by atoms with Crippen molar-refractivity contribution in [1.82, 2.24) is 14.8 Å². The van der Waals surface area contributed by atoms with Gasteiger partial charge in [0.1, 0.15) is 0 Å². The lowest BCUT2D eigenvalue weighted by atomic mass is 10.1. The Hall–Kier alpha value is -2.44. The van der Waals surface area contributed by atoms with Gasteiger partial charge in [-0.2, -0.15) is 0 Å². The molecule has 1 aromatic carbocycles. The largest absolute Gasteiger partial charge is 0.372 e. The van der Waals surface area contributed by atoms with Crippen molar-refractivity contribution in [2.24, 2.45) is 0 Å². The third-order valence-corrected chi connectivity index (χ3v) is 5.12. The van der Waals surface area contributed by atoms with Crippen LogP contribution < -0.4 is 5.32 Å². The Morgan fingerprint density at radius 2 is 1.96 bits per heavy atom. The maximum Gasteiger partial charge on any atom is 0.321 e. The minimum absolute atomic E-state index is 0.0301. The van der Waals surface area contributed by atoms with E-state index >= 15 is 0 Å². The lowest BCUT2D eigenvalue weighted by Crippen LogP contribution is -2.49. The number of hydrogen-bond donors (Lipinski definition) is 1. The zero-order chi connectivity index (χ0) is 17.9. The number of amides is 2. The molecule has 1 saturated heterocycles. The molecule has 0 atom stereocenters. The molecule has 0 unspecified atom stereocenters. The van der Waals surface area contributed by atoms with Crippen molar-refractivity contribution in [2.75, 3.05) is 31.5 Å². The number of ether oxygens (including phenoxy) is 1. The molecule has 3 heterocycles. The van der Waals surface area contributed by atoms with Crippen LogP contribution in [0.1, 0.15) is 22.4 Å². The SMILES string of the molecule is Cc1cccnc1CN1CCN(C(=O)Nc2ccc3c(c2)COC3)CC1. The number of pyridine rings is 1. The number of fused-ring (bicyclic) bond motifs is 1. The minimum atomic E-state index is -0.0301. The van der Waals surface area contributed by atoms with Crippen LogP contribution in [0, 0.1) is 6.92 Å². The van der Waals surface area contributed by atoms with E-state index < -0.39 is 0 Å². The Balaban J connectivity index is 1.30. The lowest BCUT2D eigenvalue weighted by molar-refractivity contribution is 0.134. The molecule has 136 valence electrons. The number of benzene rings is 1. The molecule has 1 N–H and O–H groups in total. The third kappa shape index (κ3) is 3.71. The molecule has 2 aliphatic rings. The van der Waals surface area contributed by atoms with Crippen LogP contribution in [0.15, 0.2) is 36.5 Å². The molecule has 2 amide bonds. The number of anilines is 1. The summed E-state index contributed by atoms with van der Waals surface area (Å²) in [5.41, 5.74) is 5.55. The number of carbonyl (C=O) groups excluding carboxylic acids is 1. The molecule has 0 spiro atoms. The van der Waals surface area contributed by atoms with Gasteiger partial charge in [-0.25, -0.2) is 4.79 Å². The fourth-order valence-electron chi connectivity index (χ4n) is 3.46. The van der Waals surface area contributed by atoms with E-state index in [1.54, 1.807) is 0 Å². The first-order valence-electron chi connectivity index (χ1n) is 9.07. The first kappa shape index (κ1) is 17.0. The van der Waals surface area contributed by atoms with E-state index in [1.165, 1.54) is 16.7 Å². The maximum atomic E-state index is 12.5. The fraction of sp³-hybridized carbons (Fsp3) is 0.400. The number of aryl methyl sites for hydroxylation is 1. The van der Waals surface area contributed by atoms with Crippen LogP contribution in [0.25, 0.3) is 0 Å². The summed E-state index contributed by atoms with van der Waals surface area (Å²) in [7, 11) is 0. The quantitative estimate of drug-likeness (QED) is 0.923. The maximum absolute atomic E-state index is 12.5. The number of urea groups is 1. The average molecular weight is 352 g/mol. The summed E-state index contributed by atoms with van der Waals surface area (Å²) in [5, 5.41) is 3.02. The molecule has 0 saturated carbocycles. The van der Waals surface area contributed by atoms with E-state index in [0.717, 1.165) is 44.1 Å². The highest BCUT2D eigenvalue weighted by atomic mass is 16.5. The molecule has 2 aromatic rings. The van der Waals surface area contributed by atoms with Gasteiger partial charge < -0.3 is 15.0 Å². The van der Waals surface area contributed by atoms with Gasteiger partial charge in [0.05, 0.1) is 18.9 Å². The highest BCUT2D eigenvalue weighted by Gasteiger charge is 2.22. The molecular weight excluding hydrogens is 328 g/mol. The Kier molecular flexibility index (Phi) is 4.86. The number of aromatic nitrogens is 1. The molecule has 26 heavy (non-hydrogen) atoms. The summed E-state index contributed by atoms with van der Waals surface area (Å²) in [4.78, 5) is 21.2. The Morgan fingerprint density at radius 3 is 2.77 bits per heavy atom. The number of rotatable bonds is 3. The van der Waals surface area contributed by atoms with E-state index in [2.05, 4.69) is 28.2 Å². The van der Waals surface area contributed by atoms with E-state index in [9.17, 15) is 4.79 Å². The van der Waals surface area contributed by atoms with Gasteiger partial charge in [0.25, 0.3) is 0 Å². The topological polar surface area (TPSA) is 57.7 Å². The number of nitrogens with zero attached hydrogens (tertiary/aromatic N) is 3. The molecule has 0 aliphatic carbocycles. The monoisotopic (exact) mass is 352 g/mol. The van der Waals surface area contributed by atoms with Crippen LogP contribution >= 0.6 is 0 Å². The first-order chi connectivity index (χ1) is 12.7. The van der Waals surface area contributed by atoms with Crippen molar-refractivity contribution in [3.05, 3.63) is 58.9 Å². The second-order valence-corrected chi connectivity index (χ2v) is 6.94. The normalized spacial score (nSPS) is 17.2. The van der Waals surface area contributed by atoms with Crippen LogP contribution in [0.4, 0.5) is 10.5 Å². The third-order valence-electron chi connectivity index (χ3n) is 5.12. The molecule has 0 bridgehead atoms. The van der Waals surface area contributed by atoms with Gasteiger partial charge in [-0.3, -0.25) is 9.88 Å². The van der Waals surface area contributed by atoms with Crippen LogP contribution in [0.2, 0.25) is 0 Å². The molecule has 6 nitrogen and oxygen atoms in total. The van der Waals surface area contributed by atoms with Gasteiger partial charge >= 0.3 is 6.03 Å². The van der Waals surface area contributed by atoms with Gasteiger partial charge in [0.2, 0.25) is 0 Å². The van der Waals surface area contributed by atoms with Gasteiger partial charge in [0.15, 0.2) is 0 Å². The molecule has 2 aliphatic heterocycles. The summed E-state index contributed by atoms with van der Waals surface area (Å²) in [6.07, 6.45) is 1.84. The van der Waals surface area contributed by atoms with Crippen molar-refractivity contribution in [1.29, 1.82) is 0 Å². The predicted octanol–water partition coefficient (Wildman–Crippen LogP) is 2.77. The summed E-state index contributed by atoms with van der Waals surface area (Å²) < 4.78 is 5.43. The number of hydrogen-bond acceptors (Lipinski definition) is 4. The van der Waals surface area contributed by atoms with Crippen LogP contribution in [0.5, 0.6) is 0 Å². The number of carbonyl (C=O) groups is 1. The Morgan fingerprint density at radius 1 is 1.15 bits per heavy atom. The molecule has 0 radical (unpaired) electrons. The van der Waals surface area contributed by atoms with Crippen LogP contribution in [-0.2, 0) is 24.5 Å². The van der Waals surface area contributed by atoms with E-state index in [1.807, 2.05) is 35.4 Å². The second kappa shape index (κ2) is 7.43. The van der Waals surface area contributed by atoms with Crippen LogP contribution in [-0.4, -0.2) is 47.0 Å². The zero-order valence-electron chi connectivity index (χ0n) is 15.1. The Labute approximate surface area is 153 Å². The lowest BCUT2D eigenvalue weighted by Gasteiger charge is -2.34. The fourth-order valence-corrected chi connectivity index (χ4v) is 3.46. The number of piperazine rings is 1. The van der Waals surface area contributed by atoms with Crippen LogP contribution in [0.3, 0.4) is 0 Å². The van der Waals surface area contributed by atoms with Crippen molar-refractivity contribution in [3.63, 3.8) is 0 Å². The van der Waals surface area contributed by atoms with Gasteiger partial charge in [-0.15, -0.1) is 0 Å². The van der Waals surface area contributed by atoms with Gasteiger partial charge in [-0.05, 0) is 41.8 Å². The molecule has 4 rings (SSSR count). The van der Waals surface area contributed by atoms with E-state index in [4.69, 9.17) is 4.74 Å². The predicted molar refractivity (Wildman–Crippen MR) is 99.8 cm³/mol. The molecule has 6 heteroatoms. The zero-order valence-corrected chi connectivity index (χ0v) is 15.1. The van der Waals surface area contributed by atoms with E-state index in [0.29, 0.717) is 13.2 Å². The smallest absolute Gasteiger partial charge is 0.321 e. The average Bonchev–Trinajstić information content (AvgIpc) is 3.12. The standard InChI is InChI=1S/C20H24N4O2/c1-15-3-2-6-21-19(15)12-23-7-9-24(10-8-23)20(25)22-18-5-4-16-13-26-14-17(16)11-18/h2-6,11H,7-10,12-14H2,1H3,(H,22,25). The minimum Gasteiger partial charge on any atom is -0.372 e. The van der Waals surface area contributed by atoms with Crippen molar-refractivity contribution >= 4 is 11.7 Å². The summed E-state index contributed by atoms with van der Waals surface area (Å²) in [5.74, 6) is 0. The summed E-state index contributed by atoms with van der Waals surface area (Å²) >= 11 is 0. The van der Waals surface area contributed by atoms with E-state index in [-0.39, 0.29) is 6.03 Å². The highest BCUT2D eigenvalue weighted by molar-refractivity contribution is 5.89. The van der Waals surface area contributed by atoms with Crippen molar-refractivity contribution in [3.8, 4) is 0 Å². The van der Waals surface area contributed by atoms with Crippen molar-refractivity contribution < 1.29 is 9.53 Å². The number of nitrogens with one attached hydrogen (secondary N) is 1. The molecule has 1 fully saturated rings. The first-order valence-corrected chi connectivity index (χ1v) is 9.07. The summed E-state index contributed by atoms with van der Waals surface area (Å²) in [6.45, 7) is 7.41. The van der Waals surface area contributed by atoms with Crippen molar-refractivity contribution in [2.45, 2.75) is 26.7 Å².